The Morgan fingerprint density at radius 3 is 2.42 bits per heavy atom. The van der Waals surface area contributed by atoms with Crippen molar-refractivity contribution in [3.63, 3.8) is 0 Å². The Bertz CT molecular complexity index is 814. The zero-order valence-electron chi connectivity index (χ0n) is 12.9. The number of imide groups is 1. The Morgan fingerprint density at radius 2 is 1.75 bits per heavy atom. The highest BCUT2D eigenvalue weighted by Gasteiger charge is 2.11. The van der Waals surface area contributed by atoms with Crippen LogP contribution in [-0.4, -0.2) is 29.5 Å². The van der Waals surface area contributed by atoms with Crippen LogP contribution in [0.5, 0.6) is 0 Å². The number of carbonyl (C=O) groups is 3. The molecule has 0 bridgehead atoms. The van der Waals surface area contributed by atoms with E-state index in [1.807, 2.05) is 0 Å². The van der Waals surface area contributed by atoms with Crippen molar-refractivity contribution in [2.45, 2.75) is 6.54 Å². The molecule has 0 unspecified atom stereocenters. The summed E-state index contributed by atoms with van der Waals surface area (Å²) >= 11 is 0. The number of anilines is 1. The van der Waals surface area contributed by atoms with Gasteiger partial charge in [0.25, 0.3) is 11.5 Å². The van der Waals surface area contributed by atoms with Crippen LogP contribution < -0.4 is 21.5 Å². The standard InChI is InChI=1S/C16H16N4O4/c1-17-15(23)11-7-8-14(22)20(9-11)10-13(21)19-16(24)18-12-5-3-2-4-6-12/h2-9H,10H2,1H3,(H,17,23)(H2,18,19,21,24). The molecule has 24 heavy (non-hydrogen) atoms. The molecule has 0 saturated carbocycles. The molecular weight excluding hydrogens is 312 g/mol. The minimum absolute atomic E-state index is 0.235. The summed E-state index contributed by atoms with van der Waals surface area (Å²) in [5.41, 5.74) is 0.307. The molecule has 0 atom stereocenters. The maximum atomic E-state index is 11.9. The molecule has 0 fully saturated rings. The number of nitrogens with one attached hydrogen (secondary N) is 3. The minimum atomic E-state index is -0.707. The van der Waals surface area contributed by atoms with E-state index in [9.17, 15) is 19.2 Å². The fraction of sp³-hybridized carbons (Fsp3) is 0.125. The Morgan fingerprint density at radius 1 is 1.04 bits per heavy atom. The lowest BCUT2D eigenvalue weighted by Crippen LogP contribution is -2.38. The first-order chi connectivity index (χ1) is 11.5. The fourth-order valence-corrected chi connectivity index (χ4v) is 1.94. The maximum Gasteiger partial charge on any atom is 0.325 e. The van der Waals surface area contributed by atoms with Gasteiger partial charge in [0.15, 0.2) is 0 Å². The van der Waals surface area contributed by atoms with Crippen molar-refractivity contribution in [3.05, 3.63) is 64.6 Å². The average molecular weight is 328 g/mol. The molecule has 0 aliphatic carbocycles. The third-order valence-corrected chi connectivity index (χ3v) is 3.07. The van der Waals surface area contributed by atoms with E-state index in [0.717, 1.165) is 4.57 Å². The second-order valence-corrected chi connectivity index (χ2v) is 4.83. The van der Waals surface area contributed by atoms with Gasteiger partial charge >= 0.3 is 6.03 Å². The smallest absolute Gasteiger partial charge is 0.325 e. The molecule has 0 aliphatic heterocycles. The summed E-state index contributed by atoms with van der Waals surface area (Å²) in [5.74, 6) is -1.06. The fourth-order valence-electron chi connectivity index (χ4n) is 1.94. The molecule has 0 radical (unpaired) electrons. The summed E-state index contributed by atoms with van der Waals surface area (Å²) in [6, 6.07) is 10.4. The normalized spacial score (nSPS) is 9.88. The molecule has 4 amide bonds. The van der Waals surface area contributed by atoms with Crippen molar-refractivity contribution in [1.29, 1.82) is 0 Å². The quantitative estimate of drug-likeness (QED) is 0.761. The summed E-state index contributed by atoms with van der Waals surface area (Å²) < 4.78 is 1.05. The van der Waals surface area contributed by atoms with Gasteiger partial charge in [-0.3, -0.25) is 19.7 Å². The molecule has 1 aromatic heterocycles. The number of benzene rings is 1. The number of aromatic nitrogens is 1. The predicted molar refractivity (Wildman–Crippen MR) is 87.7 cm³/mol. The van der Waals surface area contributed by atoms with Gasteiger partial charge in [0.1, 0.15) is 6.54 Å². The van der Waals surface area contributed by atoms with Gasteiger partial charge in [-0.25, -0.2) is 4.79 Å². The molecule has 0 spiro atoms. The lowest BCUT2D eigenvalue weighted by atomic mass is 10.2. The Kier molecular flexibility index (Phi) is 5.45. The summed E-state index contributed by atoms with van der Waals surface area (Å²) in [5, 5.41) is 7.03. The van der Waals surface area contributed by atoms with Crippen LogP contribution in [-0.2, 0) is 11.3 Å². The molecule has 8 heteroatoms. The topological polar surface area (TPSA) is 109 Å². The predicted octanol–water partition coefficient (Wildman–Crippen LogP) is 0.556. The second-order valence-electron chi connectivity index (χ2n) is 4.83. The first kappa shape index (κ1) is 16.9. The Hall–Kier alpha value is -3.42. The average Bonchev–Trinajstić information content (AvgIpc) is 2.56. The highest BCUT2D eigenvalue weighted by Crippen LogP contribution is 2.04. The van der Waals surface area contributed by atoms with Gasteiger partial charge in [0, 0.05) is 25.0 Å². The summed E-state index contributed by atoms with van der Waals surface area (Å²) in [7, 11) is 1.46. The van der Waals surface area contributed by atoms with Crippen LogP contribution in [0.15, 0.2) is 53.5 Å². The van der Waals surface area contributed by atoms with Crippen molar-refractivity contribution in [1.82, 2.24) is 15.2 Å². The van der Waals surface area contributed by atoms with E-state index < -0.39 is 17.5 Å². The first-order valence-electron chi connectivity index (χ1n) is 7.08. The van der Waals surface area contributed by atoms with Crippen LogP contribution in [0.2, 0.25) is 0 Å². The van der Waals surface area contributed by atoms with Crippen LogP contribution >= 0.6 is 0 Å². The number of hydrogen-bond acceptors (Lipinski definition) is 4. The van der Waals surface area contributed by atoms with Gasteiger partial charge in [0.05, 0.1) is 5.56 Å². The van der Waals surface area contributed by atoms with Crippen molar-refractivity contribution in [3.8, 4) is 0 Å². The van der Waals surface area contributed by atoms with Crippen molar-refractivity contribution in [2.75, 3.05) is 12.4 Å². The highest BCUT2D eigenvalue weighted by atomic mass is 16.2. The SMILES string of the molecule is CNC(=O)c1ccc(=O)n(CC(=O)NC(=O)Nc2ccccc2)c1. The lowest BCUT2D eigenvalue weighted by molar-refractivity contribution is -0.120. The molecule has 0 saturated heterocycles. The molecule has 3 N–H and O–H groups in total. The van der Waals surface area contributed by atoms with E-state index in [-0.39, 0.29) is 18.0 Å². The van der Waals surface area contributed by atoms with E-state index in [0.29, 0.717) is 5.69 Å². The number of nitrogens with zero attached hydrogens (tertiary/aromatic N) is 1. The monoisotopic (exact) mass is 328 g/mol. The molecule has 2 rings (SSSR count). The molecule has 8 nitrogen and oxygen atoms in total. The Balaban J connectivity index is 2.00. The number of pyridine rings is 1. The van der Waals surface area contributed by atoms with Gasteiger partial charge in [-0.15, -0.1) is 0 Å². The van der Waals surface area contributed by atoms with Gasteiger partial charge < -0.3 is 15.2 Å². The first-order valence-corrected chi connectivity index (χ1v) is 7.08. The van der Waals surface area contributed by atoms with Crippen molar-refractivity contribution in [2.24, 2.45) is 0 Å². The molecule has 2 aromatic rings. The molecule has 124 valence electrons. The summed E-state index contributed by atoms with van der Waals surface area (Å²) in [6.07, 6.45) is 1.26. The second kappa shape index (κ2) is 7.73. The lowest BCUT2D eigenvalue weighted by Gasteiger charge is -2.09. The van der Waals surface area contributed by atoms with E-state index in [4.69, 9.17) is 0 Å². The van der Waals surface area contributed by atoms with Crippen LogP contribution in [0.25, 0.3) is 0 Å². The highest BCUT2D eigenvalue weighted by molar-refractivity contribution is 6.01. The molecule has 0 aliphatic rings. The van der Waals surface area contributed by atoms with Crippen molar-refractivity contribution < 1.29 is 14.4 Å². The van der Waals surface area contributed by atoms with Crippen LogP contribution in [0.1, 0.15) is 10.4 Å². The van der Waals surface area contributed by atoms with Gasteiger partial charge in [-0.2, -0.15) is 0 Å². The number of rotatable bonds is 4. The number of carbonyl (C=O) groups excluding carboxylic acids is 3. The summed E-state index contributed by atoms with van der Waals surface area (Å²) in [6.45, 7) is -0.383. The minimum Gasteiger partial charge on any atom is -0.355 e. The van der Waals surface area contributed by atoms with Crippen molar-refractivity contribution >= 4 is 23.5 Å². The number of amides is 4. The maximum absolute atomic E-state index is 11.9. The largest absolute Gasteiger partial charge is 0.355 e. The van der Waals surface area contributed by atoms with E-state index in [2.05, 4.69) is 16.0 Å². The van der Waals surface area contributed by atoms with E-state index in [1.54, 1.807) is 30.3 Å². The zero-order chi connectivity index (χ0) is 17.5. The number of urea groups is 1. The van der Waals surface area contributed by atoms with Crippen LogP contribution in [0.4, 0.5) is 10.5 Å². The Labute approximate surface area is 137 Å². The van der Waals surface area contributed by atoms with E-state index in [1.165, 1.54) is 25.4 Å². The molecular formula is C16H16N4O4. The summed E-state index contributed by atoms with van der Waals surface area (Å²) in [4.78, 5) is 46.9. The van der Waals surface area contributed by atoms with Gasteiger partial charge in [-0.1, -0.05) is 18.2 Å². The molecule has 1 aromatic carbocycles. The van der Waals surface area contributed by atoms with E-state index >= 15 is 0 Å². The van der Waals surface area contributed by atoms with Gasteiger partial charge in [0.2, 0.25) is 5.91 Å². The van der Waals surface area contributed by atoms with Crippen LogP contribution in [0.3, 0.4) is 0 Å². The number of para-hydroxylation sites is 1. The third-order valence-electron chi connectivity index (χ3n) is 3.07. The van der Waals surface area contributed by atoms with Crippen LogP contribution in [0, 0.1) is 0 Å². The zero-order valence-corrected chi connectivity index (χ0v) is 12.9. The van der Waals surface area contributed by atoms with Gasteiger partial charge in [-0.05, 0) is 18.2 Å². The molecule has 1 heterocycles. The third kappa shape index (κ3) is 4.54. The number of hydrogen-bond donors (Lipinski definition) is 3.